The van der Waals surface area contributed by atoms with Crippen molar-refractivity contribution in [3.63, 3.8) is 0 Å². The molecule has 1 aliphatic rings. The number of nitrogens with zero attached hydrogens (tertiary/aromatic N) is 1. The van der Waals surface area contributed by atoms with Gasteiger partial charge >= 0.3 is 0 Å². The van der Waals surface area contributed by atoms with Gasteiger partial charge < -0.3 is 4.74 Å². The molecule has 23 heavy (non-hydrogen) atoms. The number of hydrogen-bond acceptors (Lipinski definition) is 2. The van der Waals surface area contributed by atoms with Crippen LogP contribution >= 0.6 is 0 Å². The van der Waals surface area contributed by atoms with E-state index in [9.17, 15) is 0 Å². The van der Waals surface area contributed by atoms with E-state index >= 15 is 0 Å². The van der Waals surface area contributed by atoms with Crippen LogP contribution in [0.25, 0.3) is 0 Å². The zero-order chi connectivity index (χ0) is 16.2. The summed E-state index contributed by atoms with van der Waals surface area (Å²) in [6, 6.07) is 22.2. The molecule has 0 spiro atoms. The van der Waals surface area contributed by atoms with E-state index in [-0.39, 0.29) is 12.2 Å². The van der Waals surface area contributed by atoms with E-state index in [1.54, 1.807) is 0 Å². The zero-order valence-corrected chi connectivity index (χ0v) is 14.4. The first kappa shape index (κ1) is 16.2. The fourth-order valence-corrected chi connectivity index (χ4v) is 3.48. The minimum Gasteiger partial charge on any atom is -0.364 e. The zero-order valence-electron chi connectivity index (χ0n) is 14.4. The molecule has 3 rings (SSSR count). The van der Waals surface area contributed by atoms with Crippen LogP contribution in [0, 0.1) is 0 Å². The van der Waals surface area contributed by atoms with Gasteiger partial charge in [-0.15, -0.1) is 0 Å². The number of likely N-dealkylation sites (tertiary alicyclic amines) is 1. The number of hydrogen-bond donors (Lipinski definition) is 0. The molecule has 3 unspecified atom stereocenters. The van der Waals surface area contributed by atoms with Crippen molar-refractivity contribution in [3.05, 3.63) is 71.8 Å². The highest BCUT2D eigenvalue weighted by Gasteiger charge is 2.32. The third-order valence-electron chi connectivity index (χ3n) is 5.26. The summed E-state index contributed by atoms with van der Waals surface area (Å²) in [6.45, 7) is 4.59. The van der Waals surface area contributed by atoms with Gasteiger partial charge in [-0.05, 0) is 44.9 Å². The third-order valence-corrected chi connectivity index (χ3v) is 5.26. The average molecular weight is 309 g/mol. The van der Waals surface area contributed by atoms with Crippen LogP contribution < -0.4 is 0 Å². The second-order valence-corrected chi connectivity index (χ2v) is 6.71. The summed E-state index contributed by atoms with van der Waals surface area (Å²) < 4.78 is 6.65. The lowest BCUT2D eigenvalue weighted by molar-refractivity contribution is -0.0705. The SMILES string of the molecule is CC1CCC(OC(c2ccccc2)c2ccccc2)C(C)N1C. The van der Waals surface area contributed by atoms with Gasteiger partial charge in [0.05, 0.1) is 6.10 Å². The lowest BCUT2D eigenvalue weighted by atomic mass is 9.94. The van der Waals surface area contributed by atoms with Gasteiger partial charge in [-0.3, -0.25) is 4.90 Å². The monoisotopic (exact) mass is 309 g/mol. The first-order valence-corrected chi connectivity index (χ1v) is 8.64. The number of likely N-dealkylation sites (N-methyl/N-ethyl adjacent to an activating group) is 1. The first-order valence-electron chi connectivity index (χ1n) is 8.64. The molecule has 0 aliphatic carbocycles. The molecule has 1 heterocycles. The van der Waals surface area contributed by atoms with E-state index in [2.05, 4.69) is 86.5 Å². The second-order valence-electron chi connectivity index (χ2n) is 6.71. The van der Waals surface area contributed by atoms with Gasteiger partial charge in [-0.2, -0.15) is 0 Å². The Morgan fingerprint density at radius 2 is 1.39 bits per heavy atom. The molecule has 0 saturated carbocycles. The smallest absolute Gasteiger partial charge is 0.108 e. The Bertz CT molecular complexity index is 558. The Kier molecular flexibility index (Phi) is 5.14. The molecule has 3 atom stereocenters. The standard InChI is InChI=1S/C21H27NO/c1-16-14-15-20(17(2)22(16)3)23-21(18-10-6-4-7-11-18)19-12-8-5-9-13-19/h4-13,16-17,20-21H,14-15H2,1-3H3. The molecule has 0 N–H and O–H groups in total. The van der Waals surface area contributed by atoms with Crippen molar-refractivity contribution in [2.45, 2.75) is 51.0 Å². The Labute approximate surface area is 140 Å². The maximum Gasteiger partial charge on any atom is 0.108 e. The van der Waals surface area contributed by atoms with E-state index in [0.717, 1.165) is 6.42 Å². The van der Waals surface area contributed by atoms with Gasteiger partial charge in [0.2, 0.25) is 0 Å². The molecule has 0 amide bonds. The highest BCUT2D eigenvalue weighted by atomic mass is 16.5. The highest BCUT2D eigenvalue weighted by Crippen LogP contribution is 2.32. The van der Waals surface area contributed by atoms with Gasteiger partial charge in [0.1, 0.15) is 6.10 Å². The maximum absolute atomic E-state index is 6.65. The van der Waals surface area contributed by atoms with Crippen molar-refractivity contribution in [3.8, 4) is 0 Å². The molecule has 2 aromatic rings. The van der Waals surface area contributed by atoms with Crippen LogP contribution in [0.5, 0.6) is 0 Å². The van der Waals surface area contributed by atoms with Gasteiger partial charge in [-0.1, -0.05) is 60.7 Å². The predicted molar refractivity (Wildman–Crippen MR) is 95.5 cm³/mol. The fourth-order valence-electron chi connectivity index (χ4n) is 3.48. The Hall–Kier alpha value is -1.64. The largest absolute Gasteiger partial charge is 0.364 e. The van der Waals surface area contributed by atoms with Crippen LogP contribution in [0.4, 0.5) is 0 Å². The summed E-state index contributed by atoms with van der Waals surface area (Å²) in [7, 11) is 2.21. The lowest BCUT2D eigenvalue weighted by Gasteiger charge is -2.42. The molecule has 0 aromatic heterocycles. The molecule has 0 radical (unpaired) electrons. The summed E-state index contributed by atoms with van der Waals surface area (Å²) >= 11 is 0. The van der Waals surface area contributed by atoms with E-state index < -0.39 is 0 Å². The second kappa shape index (κ2) is 7.29. The maximum atomic E-state index is 6.65. The Morgan fingerprint density at radius 1 is 0.870 bits per heavy atom. The van der Waals surface area contributed by atoms with Gasteiger partial charge in [0, 0.05) is 12.1 Å². The quantitative estimate of drug-likeness (QED) is 0.814. The summed E-state index contributed by atoms with van der Waals surface area (Å²) in [5.41, 5.74) is 2.46. The summed E-state index contributed by atoms with van der Waals surface area (Å²) in [6.07, 6.45) is 2.60. The van der Waals surface area contributed by atoms with Crippen molar-refractivity contribution in [1.29, 1.82) is 0 Å². The van der Waals surface area contributed by atoms with E-state index in [1.807, 2.05) is 0 Å². The topological polar surface area (TPSA) is 12.5 Å². The van der Waals surface area contributed by atoms with Gasteiger partial charge in [-0.25, -0.2) is 0 Å². The van der Waals surface area contributed by atoms with Crippen LogP contribution in [-0.2, 0) is 4.74 Å². The first-order chi connectivity index (χ1) is 11.2. The molecule has 2 nitrogen and oxygen atoms in total. The fraction of sp³-hybridized carbons (Fsp3) is 0.429. The van der Waals surface area contributed by atoms with Crippen molar-refractivity contribution in [2.24, 2.45) is 0 Å². The van der Waals surface area contributed by atoms with E-state index in [1.165, 1.54) is 17.5 Å². The molecule has 1 aliphatic heterocycles. The minimum absolute atomic E-state index is 0.00616. The van der Waals surface area contributed by atoms with Crippen molar-refractivity contribution in [2.75, 3.05) is 7.05 Å². The lowest BCUT2D eigenvalue weighted by Crippen LogP contribution is -2.49. The predicted octanol–water partition coefficient (Wildman–Crippen LogP) is 4.66. The molecular formula is C21H27NO. The van der Waals surface area contributed by atoms with Crippen LogP contribution in [0.15, 0.2) is 60.7 Å². The van der Waals surface area contributed by atoms with Crippen molar-refractivity contribution < 1.29 is 4.74 Å². The minimum atomic E-state index is 0.00616. The molecule has 2 aromatic carbocycles. The number of rotatable bonds is 4. The van der Waals surface area contributed by atoms with Crippen LogP contribution in [-0.4, -0.2) is 30.1 Å². The van der Waals surface area contributed by atoms with E-state index in [0.29, 0.717) is 12.1 Å². The average Bonchev–Trinajstić information content (AvgIpc) is 2.61. The highest BCUT2D eigenvalue weighted by molar-refractivity contribution is 5.30. The van der Waals surface area contributed by atoms with Gasteiger partial charge in [0.15, 0.2) is 0 Å². The number of ether oxygens (including phenoxy) is 1. The van der Waals surface area contributed by atoms with Crippen LogP contribution in [0.1, 0.15) is 43.9 Å². The molecule has 122 valence electrons. The summed E-state index contributed by atoms with van der Waals surface area (Å²) in [5, 5.41) is 0. The Balaban J connectivity index is 1.85. The van der Waals surface area contributed by atoms with Crippen LogP contribution in [0.2, 0.25) is 0 Å². The van der Waals surface area contributed by atoms with E-state index in [4.69, 9.17) is 4.74 Å². The van der Waals surface area contributed by atoms with Crippen LogP contribution in [0.3, 0.4) is 0 Å². The molecule has 2 heteroatoms. The number of piperidine rings is 1. The third kappa shape index (κ3) is 3.65. The summed E-state index contributed by atoms with van der Waals surface area (Å²) in [4.78, 5) is 2.45. The molecule has 0 bridgehead atoms. The van der Waals surface area contributed by atoms with Crippen molar-refractivity contribution in [1.82, 2.24) is 4.90 Å². The number of benzene rings is 2. The van der Waals surface area contributed by atoms with Crippen molar-refractivity contribution >= 4 is 0 Å². The molecule has 1 saturated heterocycles. The normalized spacial score (nSPS) is 25.7. The molecular weight excluding hydrogens is 282 g/mol. The molecule has 1 fully saturated rings. The van der Waals surface area contributed by atoms with Gasteiger partial charge in [0.25, 0.3) is 0 Å². The Morgan fingerprint density at radius 3 is 1.91 bits per heavy atom. The summed E-state index contributed by atoms with van der Waals surface area (Å²) in [5.74, 6) is 0.